The first-order chi connectivity index (χ1) is 15.9. The summed E-state index contributed by atoms with van der Waals surface area (Å²) in [5.41, 5.74) is 5.29. The molecule has 1 aromatic carbocycles. The number of rotatable bonds is 5. The van der Waals surface area contributed by atoms with Gasteiger partial charge in [-0.3, -0.25) is 4.98 Å². The quantitative estimate of drug-likeness (QED) is 0.438. The molecule has 0 saturated carbocycles. The number of aromatic nitrogens is 2. The Hall–Kier alpha value is -2.12. The summed E-state index contributed by atoms with van der Waals surface area (Å²) in [6.07, 6.45) is 4.16. The van der Waals surface area contributed by atoms with Crippen molar-refractivity contribution >= 4 is 40.5 Å². The minimum absolute atomic E-state index is 0.0115. The number of nitrogens with zero attached hydrogens (tertiary/aromatic N) is 3. The lowest BCUT2D eigenvalue weighted by Crippen LogP contribution is -2.36. The van der Waals surface area contributed by atoms with Gasteiger partial charge in [-0.25, -0.2) is 0 Å². The van der Waals surface area contributed by atoms with Gasteiger partial charge in [0.1, 0.15) is 0 Å². The van der Waals surface area contributed by atoms with E-state index in [-0.39, 0.29) is 18.2 Å². The fourth-order valence-electron chi connectivity index (χ4n) is 5.07. The Bertz CT molecular complexity index is 1180. The first-order valence-electron chi connectivity index (χ1n) is 11.2. The average molecular weight is 501 g/mol. The topological polar surface area (TPSA) is 42.3 Å². The smallest absolute Gasteiger partial charge is 0.170 e. The third kappa shape index (κ3) is 4.26. The Labute approximate surface area is 209 Å². The van der Waals surface area contributed by atoms with Gasteiger partial charge in [-0.1, -0.05) is 29.3 Å². The molecule has 2 aliphatic heterocycles. The monoisotopic (exact) mass is 500 g/mol. The van der Waals surface area contributed by atoms with Crippen LogP contribution in [0, 0.1) is 13.8 Å². The van der Waals surface area contributed by atoms with Crippen molar-refractivity contribution in [2.45, 2.75) is 44.9 Å². The summed E-state index contributed by atoms with van der Waals surface area (Å²) in [6, 6.07) is 13.8. The van der Waals surface area contributed by atoms with Crippen molar-refractivity contribution in [3.63, 3.8) is 0 Å². The predicted octanol–water partition coefficient (Wildman–Crippen LogP) is 5.95. The van der Waals surface area contributed by atoms with Gasteiger partial charge in [-0.15, -0.1) is 0 Å². The van der Waals surface area contributed by atoms with Crippen LogP contribution in [0.15, 0.2) is 48.7 Å². The molecule has 5 rings (SSSR count). The summed E-state index contributed by atoms with van der Waals surface area (Å²) in [6.45, 7) is 5.80. The van der Waals surface area contributed by atoms with Crippen molar-refractivity contribution in [1.82, 2.24) is 19.8 Å². The van der Waals surface area contributed by atoms with Crippen molar-refractivity contribution in [2.75, 3.05) is 13.2 Å². The van der Waals surface area contributed by atoms with Crippen molar-refractivity contribution in [3.8, 4) is 5.69 Å². The summed E-state index contributed by atoms with van der Waals surface area (Å²) in [7, 11) is 0. The molecule has 0 unspecified atom stereocenters. The van der Waals surface area contributed by atoms with Crippen LogP contribution in [0.4, 0.5) is 0 Å². The van der Waals surface area contributed by atoms with Crippen LogP contribution < -0.4 is 5.32 Å². The van der Waals surface area contributed by atoms with Gasteiger partial charge in [0.25, 0.3) is 0 Å². The summed E-state index contributed by atoms with van der Waals surface area (Å²) in [4.78, 5) is 6.93. The number of thiocarbonyl (C=S) groups is 1. The van der Waals surface area contributed by atoms with Crippen molar-refractivity contribution in [1.29, 1.82) is 0 Å². The molecule has 0 spiro atoms. The number of aryl methyl sites for hydroxylation is 1. The summed E-state index contributed by atoms with van der Waals surface area (Å²) < 4.78 is 8.15. The van der Waals surface area contributed by atoms with E-state index in [2.05, 4.69) is 45.7 Å². The number of hydrogen-bond donors (Lipinski definition) is 1. The van der Waals surface area contributed by atoms with Crippen LogP contribution in [0.3, 0.4) is 0 Å². The number of pyridine rings is 1. The van der Waals surface area contributed by atoms with Gasteiger partial charge < -0.3 is 19.5 Å². The van der Waals surface area contributed by atoms with Crippen LogP contribution in [-0.4, -0.2) is 38.8 Å². The van der Waals surface area contributed by atoms with Crippen LogP contribution in [0.25, 0.3) is 5.69 Å². The molecule has 0 radical (unpaired) electrons. The molecule has 8 heteroatoms. The highest BCUT2D eigenvalue weighted by Gasteiger charge is 2.42. The van der Waals surface area contributed by atoms with Crippen molar-refractivity contribution in [3.05, 3.63) is 81.4 Å². The van der Waals surface area contributed by atoms with Crippen LogP contribution in [0.5, 0.6) is 0 Å². The lowest BCUT2D eigenvalue weighted by molar-refractivity contribution is 0.0842. The number of hydrogen-bond acceptors (Lipinski definition) is 3. The molecule has 2 fully saturated rings. The van der Waals surface area contributed by atoms with E-state index in [1.807, 2.05) is 30.5 Å². The maximum atomic E-state index is 6.59. The molecule has 0 bridgehead atoms. The second-order valence-electron chi connectivity index (χ2n) is 8.67. The minimum Gasteiger partial charge on any atom is -0.376 e. The van der Waals surface area contributed by atoms with Crippen molar-refractivity contribution < 1.29 is 4.74 Å². The molecule has 4 heterocycles. The Morgan fingerprint density at radius 2 is 2.03 bits per heavy atom. The maximum Gasteiger partial charge on any atom is 0.170 e. The number of ether oxygens (including phenoxy) is 1. The third-order valence-electron chi connectivity index (χ3n) is 6.56. The largest absolute Gasteiger partial charge is 0.376 e. The van der Waals surface area contributed by atoms with E-state index < -0.39 is 0 Å². The highest BCUT2D eigenvalue weighted by atomic mass is 35.5. The molecule has 2 aromatic heterocycles. The molecule has 3 atom stereocenters. The summed E-state index contributed by atoms with van der Waals surface area (Å²) in [5.74, 6) is 0. The fraction of sp³-hybridized carbons (Fsp3) is 0.360. The molecule has 0 aliphatic carbocycles. The van der Waals surface area contributed by atoms with Gasteiger partial charge in [-0.2, -0.15) is 0 Å². The molecular formula is C25H26Cl2N4OS. The zero-order chi connectivity index (χ0) is 23.1. The molecule has 5 nitrogen and oxygen atoms in total. The molecule has 2 aliphatic rings. The molecule has 2 saturated heterocycles. The number of nitrogens with one attached hydrogen (secondary N) is 1. The first-order valence-corrected chi connectivity index (χ1v) is 12.3. The Balaban J connectivity index is 1.60. The van der Waals surface area contributed by atoms with E-state index in [0.29, 0.717) is 10.0 Å². The molecule has 0 amide bonds. The van der Waals surface area contributed by atoms with Crippen molar-refractivity contribution in [2.24, 2.45) is 0 Å². The zero-order valence-corrected chi connectivity index (χ0v) is 20.9. The molecule has 1 N–H and O–H groups in total. The standard InChI is InChI=1S/C25H26Cl2N4OS/c1-15-12-19(16(2)31(15)22-9-8-17(26)13-20(22)27)24-23(21-7-3-4-10-28-21)29-25(33)30(24)14-18-6-5-11-32-18/h3-4,7-10,12-13,18,23-24H,5-6,11,14H2,1-2H3,(H,29,33)/t18-,23+,24-/m0/s1. The second-order valence-corrected chi connectivity index (χ2v) is 9.90. The average Bonchev–Trinajstić information content (AvgIpc) is 3.49. The minimum atomic E-state index is -0.0604. The number of benzene rings is 1. The van der Waals surface area contributed by atoms with Gasteiger partial charge >= 0.3 is 0 Å². The van der Waals surface area contributed by atoms with E-state index in [9.17, 15) is 0 Å². The van der Waals surface area contributed by atoms with E-state index >= 15 is 0 Å². The summed E-state index contributed by atoms with van der Waals surface area (Å²) in [5, 5.41) is 5.52. The maximum absolute atomic E-state index is 6.59. The van der Waals surface area contributed by atoms with E-state index in [1.165, 1.54) is 5.56 Å². The van der Waals surface area contributed by atoms with E-state index in [4.69, 9.17) is 40.2 Å². The second kappa shape index (κ2) is 9.26. The highest BCUT2D eigenvalue weighted by molar-refractivity contribution is 7.80. The van der Waals surface area contributed by atoms with Gasteiger partial charge in [0, 0.05) is 35.8 Å². The lowest BCUT2D eigenvalue weighted by Gasteiger charge is -2.30. The molecule has 33 heavy (non-hydrogen) atoms. The Morgan fingerprint density at radius 3 is 2.73 bits per heavy atom. The summed E-state index contributed by atoms with van der Waals surface area (Å²) >= 11 is 18.6. The van der Waals surface area contributed by atoms with Gasteiger partial charge in [0.05, 0.1) is 34.6 Å². The van der Waals surface area contributed by atoms with Crippen LogP contribution in [0.2, 0.25) is 10.0 Å². The van der Waals surface area contributed by atoms with Crippen LogP contribution >= 0.6 is 35.4 Å². The molecule has 172 valence electrons. The Kier molecular flexibility index (Phi) is 6.36. The molecule has 3 aromatic rings. The van der Waals surface area contributed by atoms with E-state index in [1.54, 1.807) is 6.07 Å². The zero-order valence-electron chi connectivity index (χ0n) is 18.6. The van der Waals surface area contributed by atoms with Crippen LogP contribution in [-0.2, 0) is 4.74 Å². The van der Waals surface area contributed by atoms with Gasteiger partial charge in [0.15, 0.2) is 5.11 Å². The van der Waals surface area contributed by atoms with Crippen LogP contribution in [0.1, 0.15) is 47.6 Å². The van der Waals surface area contributed by atoms with Gasteiger partial charge in [-0.05, 0) is 80.9 Å². The molecular weight excluding hydrogens is 475 g/mol. The Morgan fingerprint density at radius 1 is 1.18 bits per heavy atom. The van der Waals surface area contributed by atoms with Gasteiger partial charge in [0.2, 0.25) is 0 Å². The number of halogens is 2. The SMILES string of the molecule is Cc1cc([C@H]2[C@@H](c3ccccn3)NC(=S)N2C[C@@H]2CCCO2)c(C)n1-c1ccc(Cl)cc1Cl. The normalized spacial score (nSPS) is 22.7. The highest BCUT2D eigenvalue weighted by Crippen LogP contribution is 2.42. The lowest BCUT2D eigenvalue weighted by atomic mass is 9.96. The third-order valence-corrected chi connectivity index (χ3v) is 7.45. The fourth-order valence-corrected chi connectivity index (χ4v) is 5.88. The van der Waals surface area contributed by atoms with E-state index in [0.717, 1.165) is 53.9 Å². The predicted molar refractivity (Wildman–Crippen MR) is 136 cm³/mol. The first kappa shape index (κ1) is 22.7.